The highest BCUT2D eigenvalue weighted by molar-refractivity contribution is 7.87. The average molecular weight is 1460 g/mol. The second kappa shape index (κ2) is 33.9. The third-order valence-electron chi connectivity index (χ3n) is 21.8. The van der Waals surface area contributed by atoms with Crippen LogP contribution in [0.3, 0.4) is 0 Å². The first kappa shape index (κ1) is 86.4. The van der Waals surface area contributed by atoms with Crippen LogP contribution in [-0.2, 0) is 70.5 Å². The Hall–Kier alpha value is -1.29. The third kappa shape index (κ3) is 23.4. The lowest BCUT2D eigenvalue weighted by Crippen LogP contribution is -2.58. The summed E-state index contributed by atoms with van der Waals surface area (Å²) in [5.74, 6) is -2.97. The molecule has 568 valence electrons. The van der Waals surface area contributed by atoms with Gasteiger partial charge in [0.1, 0.15) is 23.6 Å². The van der Waals surface area contributed by atoms with Gasteiger partial charge in [-0.3, -0.25) is 12.9 Å². The van der Waals surface area contributed by atoms with E-state index in [1.807, 2.05) is 41.5 Å². The normalized spacial score (nSPS) is 34.4. The van der Waals surface area contributed by atoms with Crippen LogP contribution in [0.15, 0.2) is 24.5 Å². The molecule has 2 saturated carbocycles. The van der Waals surface area contributed by atoms with E-state index >= 15 is 0 Å². The van der Waals surface area contributed by atoms with Crippen LogP contribution in [0.2, 0.25) is 36.3 Å². The molecule has 0 amide bonds. The Morgan fingerprint density at radius 3 is 1.65 bits per heavy atom. The maximum Gasteiger partial charge on any atom is 0.762 e. The van der Waals surface area contributed by atoms with Crippen LogP contribution in [-0.4, -0.2) is 187 Å². The number of rotatable bonds is 23. The highest BCUT2D eigenvalue weighted by Gasteiger charge is 2.67. The molecule has 28 heteroatoms. The number of ether oxygens (including phenoxy) is 10. The number of halogens is 6. The third-order valence-corrected chi connectivity index (χ3v) is 32.0. The molecule has 2 aliphatic carbocycles. The summed E-state index contributed by atoms with van der Waals surface area (Å²) in [6.45, 7) is 54.1. The van der Waals surface area contributed by atoms with E-state index in [4.69, 9.17) is 61.3 Å². The highest BCUT2D eigenvalue weighted by Crippen LogP contribution is 2.57. The molecule has 4 bridgehead atoms. The minimum absolute atomic E-state index is 0.000647. The van der Waals surface area contributed by atoms with Gasteiger partial charge >= 0.3 is 23.2 Å². The van der Waals surface area contributed by atoms with Crippen LogP contribution in [0.25, 0.3) is 0 Å². The van der Waals surface area contributed by atoms with E-state index in [9.17, 15) is 44.7 Å². The Labute approximate surface area is 580 Å². The molecule has 20 atom stereocenters. The van der Waals surface area contributed by atoms with E-state index < -0.39 is 80.5 Å². The van der Waals surface area contributed by atoms with Gasteiger partial charge in [0.15, 0.2) is 34.0 Å². The average Bonchev–Trinajstić information content (AvgIpc) is 1.57. The van der Waals surface area contributed by atoms with Crippen LogP contribution < -0.4 is 0 Å². The molecule has 7 saturated heterocycles. The lowest BCUT2D eigenvalue weighted by molar-refractivity contribution is -0.317. The first-order valence-electron chi connectivity index (χ1n) is 35.6. The fourth-order valence-electron chi connectivity index (χ4n) is 14.5. The van der Waals surface area contributed by atoms with Gasteiger partial charge in [0.05, 0.1) is 66.6 Å². The standard InChI is InChI=1S/C24H44O6Si.C24H44O5Si.C17H27F3O6S.C4H10O.BF3/c1-15(16(2)29-31(8,9)21(3,4)5)12-24(25)11-10-19-23(30-24)13-17(26-19)20-18(14-23)27-22(6,7)28-20;1-15(16(2)29-30(8,9)22(3,4)5)12-17-10-11-20-24(26-17)13-18(25-20)21-19(14-24)27-23(6,7)28-21;1-11(13(3)26-27(23,24)17(18,19)20)9-14(22)6-7-16-12(2)10-15(25-16)5-4-8-21;1-3-5-4-2;2-1(3)4/h15-20,25H,10-14H2,1-9H3;15-21H,10-14H2,1-9H3;11,14-16,21-22H,2-10H2,1H3;3-4H2,1-2H3;/t15-,16-,17-,18-,19+,20?,23-,24+;15-,16-,17?,18-,19-,20+,21?,24-;11-,14-,15+,16+;;/m111../s1. The number of allylic oxidation sites excluding steroid dienone is 1. The number of hydrogen-bond acceptors (Lipinski definition) is 18. The summed E-state index contributed by atoms with van der Waals surface area (Å²) in [6.07, 6.45) is 11.1. The minimum atomic E-state index is -5.75. The van der Waals surface area contributed by atoms with Crippen molar-refractivity contribution < 1.29 is 110 Å². The SMILES string of the molecule is C=C(OS(=O)(=O)C(F)(F)F)[C@H](C)C[C@H](O)CC[C@@H]1O[C@@H](CCCO)CC1=C.CCOCC.C[C@H](CC1CC[C@@H]2O[C@@H]3C[C@]2(C[C@H]2OC(C)(C)OC32)O1)[C@@H](C)O[Si](C)(C)C(C)(C)C.C[C@H](C[C@]1(O)CC[C@@H]2O[C@@H]3C[C@]2(C[C@H]2OC(C)(C)OC32)O1)[C@@H](C)O[Si](C)(C)C(C)(C)C.FB(F)F. The number of fused-ring (bicyclic) bond motifs is 6. The van der Waals surface area contributed by atoms with Gasteiger partial charge in [0.2, 0.25) is 0 Å². The first-order chi connectivity index (χ1) is 44.3. The summed E-state index contributed by atoms with van der Waals surface area (Å²) in [5, 5.41) is 30.9. The lowest BCUT2D eigenvalue weighted by atomic mass is 9.75. The Kier molecular flexibility index (Phi) is 30.1. The molecule has 0 aromatic heterocycles. The maximum absolute atomic E-state index is 12.3. The first-order valence-corrected chi connectivity index (χ1v) is 42.8. The van der Waals surface area contributed by atoms with Crippen LogP contribution >= 0.6 is 0 Å². The molecule has 0 aromatic rings. The zero-order valence-electron chi connectivity index (χ0n) is 62.4. The molecule has 9 aliphatic rings. The van der Waals surface area contributed by atoms with Crippen molar-refractivity contribution in [3.63, 3.8) is 0 Å². The Bertz CT molecular complexity index is 2610. The number of aliphatic hydroxyl groups is 3. The van der Waals surface area contributed by atoms with Crippen molar-refractivity contribution in [2.45, 2.75) is 376 Å². The molecule has 18 nitrogen and oxygen atoms in total. The van der Waals surface area contributed by atoms with Crippen LogP contribution in [0.1, 0.15) is 220 Å². The van der Waals surface area contributed by atoms with Gasteiger partial charge < -0.3 is 75.7 Å². The molecule has 3 unspecified atom stereocenters. The van der Waals surface area contributed by atoms with Gasteiger partial charge in [-0.15, -0.1) is 0 Å². The number of aliphatic hydroxyl groups excluding tert-OH is 2. The molecule has 0 aromatic carbocycles. The summed E-state index contributed by atoms with van der Waals surface area (Å²) >= 11 is 0. The summed E-state index contributed by atoms with van der Waals surface area (Å²) < 4.78 is 167. The Morgan fingerprint density at radius 1 is 0.701 bits per heavy atom. The van der Waals surface area contributed by atoms with Crippen molar-refractivity contribution in [1.82, 2.24) is 0 Å². The van der Waals surface area contributed by atoms with Crippen LogP contribution in [0.4, 0.5) is 26.1 Å². The quantitative estimate of drug-likeness (QED) is 0.0217. The lowest BCUT2D eigenvalue weighted by Gasteiger charge is -2.49. The van der Waals surface area contributed by atoms with E-state index in [0.29, 0.717) is 44.4 Å². The van der Waals surface area contributed by atoms with Gasteiger partial charge in [-0.2, -0.15) is 21.6 Å². The predicted molar refractivity (Wildman–Crippen MR) is 366 cm³/mol. The maximum atomic E-state index is 12.3. The van der Waals surface area contributed by atoms with Gasteiger partial charge in [0, 0.05) is 76.5 Å². The van der Waals surface area contributed by atoms with Crippen LogP contribution in [0, 0.1) is 17.8 Å². The van der Waals surface area contributed by atoms with E-state index in [0.717, 1.165) is 76.6 Å². The fraction of sp³-hybridized carbons (Fsp3) is 0.942. The number of alkyl halides is 3. The van der Waals surface area contributed by atoms with Crippen molar-refractivity contribution in [3.05, 3.63) is 24.5 Å². The molecule has 9 rings (SSSR count). The Morgan fingerprint density at radius 2 is 1.18 bits per heavy atom. The van der Waals surface area contributed by atoms with E-state index in [1.165, 1.54) is 6.92 Å². The second-order valence-corrected chi connectivity index (χ2v) is 43.9. The van der Waals surface area contributed by atoms with Crippen molar-refractivity contribution in [2.75, 3.05) is 19.8 Å². The number of hydrogen-bond donors (Lipinski definition) is 3. The molecule has 2 spiro atoms. The van der Waals surface area contributed by atoms with Gasteiger partial charge in [-0.25, -0.2) is 0 Å². The van der Waals surface area contributed by atoms with Crippen LogP contribution in [0.5, 0.6) is 0 Å². The molecule has 7 heterocycles. The smallest absolute Gasteiger partial charge is 0.414 e. The summed E-state index contributed by atoms with van der Waals surface area (Å²) in [7, 11) is -13.0. The predicted octanol–water partition coefficient (Wildman–Crippen LogP) is 15.1. The second-order valence-electron chi connectivity index (χ2n) is 32.8. The zero-order chi connectivity index (χ0) is 73.7. The molecular weight excluding hydrogens is 1330 g/mol. The highest BCUT2D eigenvalue weighted by atomic mass is 32.2. The van der Waals surface area contributed by atoms with Crippen molar-refractivity contribution in [3.8, 4) is 0 Å². The van der Waals surface area contributed by atoms with Gasteiger partial charge in [0.25, 0.3) is 0 Å². The molecule has 3 N–H and O–H groups in total. The van der Waals surface area contributed by atoms with Crippen molar-refractivity contribution in [1.29, 1.82) is 0 Å². The summed E-state index contributed by atoms with van der Waals surface area (Å²) in [6, 6.07) is 0. The molecule has 9 fully saturated rings. The molecular formula is C69H125BF6O18SSi2. The summed E-state index contributed by atoms with van der Waals surface area (Å²) in [4.78, 5) is 0. The fourth-order valence-corrected chi connectivity index (χ4v) is 18.1. The van der Waals surface area contributed by atoms with Crippen molar-refractivity contribution >= 4 is 34.3 Å². The van der Waals surface area contributed by atoms with E-state index in [-0.39, 0.29) is 114 Å². The van der Waals surface area contributed by atoms with Gasteiger partial charge in [-0.1, -0.05) is 75.5 Å². The van der Waals surface area contributed by atoms with E-state index in [2.05, 4.69) is 113 Å². The Balaban J connectivity index is 0.000000247. The molecule has 0 radical (unpaired) electrons. The molecule has 97 heavy (non-hydrogen) atoms. The summed E-state index contributed by atoms with van der Waals surface area (Å²) in [5.41, 5.74) is -5.29. The minimum Gasteiger partial charge on any atom is -0.414 e. The zero-order valence-corrected chi connectivity index (χ0v) is 65.2. The molecule has 7 aliphatic heterocycles. The van der Waals surface area contributed by atoms with E-state index in [1.54, 1.807) is 0 Å². The largest absolute Gasteiger partial charge is 0.762 e. The van der Waals surface area contributed by atoms with Crippen molar-refractivity contribution in [2.24, 2.45) is 17.8 Å². The monoisotopic (exact) mass is 1450 g/mol. The topological polar surface area (TPSA) is 215 Å². The van der Waals surface area contributed by atoms with Gasteiger partial charge in [-0.05, 0) is 173 Å².